The zero-order valence-corrected chi connectivity index (χ0v) is 20.3. The SMILES string of the molecule is CCC(CC)O[C@@H]1C=C(C(=O)O)C[C@H](NCc2ccc(Oc3cccc(F)c3)cc2)[C@H]1NC(C)=O. The molecule has 0 fully saturated rings. The van der Waals surface area contributed by atoms with Crippen LogP contribution in [-0.4, -0.2) is 41.3 Å². The topological polar surface area (TPSA) is 96.9 Å². The largest absolute Gasteiger partial charge is 0.478 e. The van der Waals surface area contributed by atoms with Gasteiger partial charge in [0.25, 0.3) is 0 Å². The van der Waals surface area contributed by atoms with E-state index in [9.17, 15) is 19.1 Å². The third kappa shape index (κ3) is 7.63. The first-order chi connectivity index (χ1) is 16.8. The normalized spacial score (nSPS) is 19.8. The van der Waals surface area contributed by atoms with Gasteiger partial charge >= 0.3 is 5.97 Å². The minimum Gasteiger partial charge on any atom is -0.478 e. The summed E-state index contributed by atoms with van der Waals surface area (Å²) in [4.78, 5) is 23.8. The van der Waals surface area contributed by atoms with Crippen molar-refractivity contribution in [3.8, 4) is 11.5 Å². The molecule has 2 aromatic carbocycles. The van der Waals surface area contributed by atoms with E-state index in [0.29, 0.717) is 18.0 Å². The van der Waals surface area contributed by atoms with Crippen molar-refractivity contribution in [2.75, 3.05) is 0 Å². The van der Waals surface area contributed by atoms with E-state index in [2.05, 4.69) is 10.6 Å². The second kappa shape index (κ2) is 12.5. The molecule has 1 aliphatic carbocycles. The lowest BCUT2D eigenvalue weighted by Crippen LogP contribution is -2.58. The average Bonchev–Trinajstić information content (AvgIpc) is 2.82. The molecule has 3 rings (SSSR count). The number of hydrogen-bond acceptors (Lipinski definition) is 5. The van der Waals surface area contributed by atoms with Gasteiger partial charge in [0, 0.05) is 31.1 Å². The fourth-order valence-corrected chi connectivity index (χ4v) is 4.16. The number of benzene rings is 2. The molecule has 0 aromatic heterocycles. The van der Waals surface area contributed by atoms with Crippen molar-refractivity contribution in [2.45, 2.75) is 70.9 Å². The van der Waals surface area contributed by atoms with Gasteiger partial charge in [0.1, 0.15) is 17.3 Å². The summed E-state index contributed by atoms with van der Waals surface area (Å²) in [5, 5.41) is 16.0. The molecule has 2 aromatic rings. The van der Waals surface area contributed by atoms with Gasteiger partial charge in [-0.05, 0) is 55.2 Å². The standard InChI is InChI=1S/C27H33FN2O5/c1-4-21(5-2)35-25-14-19(27(32)33)13-24(26(25)30-17(3)31)29-16-18-9-11-22(12-10-18)34-23-8-6-7-20(28)15-23/h6-12,14-15,21,24-26,29H,4-5,13,16H2,1-3H3,(H,30,31)(H,32,33)/t24-,25+,26+/m0/s1. The second-order valence-electron chi connectivity index (χ2n) is 8.66. The zero-order chi connectivity index (χ0) is 25.4. The first-order valence-electron chi connectivity index (χ1n) is 11.9. The van der Waals surface area contributed by atoms with E-state index in [-0.39, 0.29) is 35.9 Å². The molecule has 0 spiro atoms. The fraction of sp³-hybridized carbons (Fsp3) is 0.407. The first kappa shape index (κ1) is 26.4. The number of carbonyl (C=O) groups is 2. The smallest absolute Gasteiger partial charge is 0.331 e. The Morgan fingerprint density at radius 1 is 1.11 bits per heavy atom. The number of ether oxygens (including phenoxy) is 2. The lowest BCUT2D eigenvalue weighted by molar-refractivity contribution is -0.133. The molecule has 0 saturated heterocycles. The summed E-state index contributed by atoms with van der Waals surface area (Å²) >= 11 is 0. The molecule has 0 radical (unpaired) electrons. The van der Waals surface area contributed by atoms with E-state index < -0.39 is 18.1 Å². The number of aliphatic carboxylic acids is 1. The van der Waals surface area contributed by atoms with Crippen molar-refractivity contribution in [3.05, 3.63) is 71.6 Å². The van der Waals surface area contributed by atoms with Gasteiger partial charge in [0.05, 0.1) is 18.2 Å². The molecule has 188 valence electrons. The van der Waals surface area contributed by atoms with Gasteiger partial charge < -0.3 is 25.2 Å². The number of rotatable bonds is 11. The predicted octanol–water partition coefficient (Wildman–Crippen LogP) is 4.57. The molecule has 0 bridgehead atoms. The molecule has 3 N–H and O–H groups in total. The first-order valence-corrected chi connectivity index (χ1v) is 11.9. The number of halogens is 1. The Morgan fingerprint density at radius 2 is 1.83 bits per heavy atom. The Bertz CT molecular complexity index is 1040. The van der Waals surface area contributed by atoms with Gasteiger partial charge in [-0.3, -0.25) is 4.79 Å². The van der Waals surface area contributed by atoms with Gasteiger partial charge in [-0.15, -0.1) is 0 Å². The van der Waals surface area contributed by atoms with Gasteiger partial charge in [-0.2, -0.15) is 0 Å². The summed E-state index contributed by atoms with van der Waals surface area (Å²) in [5.41, 5.74) is 1.21. The van der Waals surface area contributed by atoms with Crippen molar-refractivity contribution < 1.29 is 28.6 Å². The Hall–Kier alpha value is -3.23. The maximum Gasteiger partial charge on any atom is 0.331 e. The van der Waals surface area contributed by atoms with Crippen LogP contribution in [0.25, 0.3) is 0 Å². The highest BCUT2D eigenvalue weighted by molar-refractivity contribution is 5.87. The van der Waals surface area contributed by atoms with Crippen molar-refractivity contribution in [3.63, 3.8) is 0 Å². The summed E-state index contributed by atoms with van der Waals surface area (Å²) < 4.78 is 25.3. The van der Waals surface area contributed by atoms with Crippen LogP contribution in [0.2, 0.25) is 0 Å². The van der Waals surface area contributed by atoms with E-state index >= 15 is 0 Å². The van der Waals surface area contributed by atoms with Crippen LogP contribution < -0.4 is 15.4 Å². The molecule has 3 atom stereocenters. The molecule has 1 amide bonds. The molecule has 35 heavy (non-hydrogen) atoms. The van der Waals surface area contributed by atoms with E-state index in [1.165, 1.54) is 19.1 Å². The third-order valence-corrected chi connectivity index (χ3v) is 6.02. The van der Waals surface area contributed by atoms with Crippen LogP contribution >= 0.6 is 0 Å². The third-order valence-electron chi connectivity index (χ3n) is 6.02. The van der Waals surface area contributed by atoms with Crippen molar-refractivity contribution >= 4 is 11.9 Å². The summed E-state index contributed by atoms with van der Waals surface area (Å²) in [5.74, 6) is -0.581. The molecule has 0 unspecified atom stereocenters. The quantitative estimate of drug-likeness (QED) is 0.432. The lowest BCUT2D eigenvalue weighted by Gasteiger charge is -2.38. The van der Waals surface area contributed by atoms with Gasteiger partial charge in [-0.25, -0.2) is 9.18 Å². The summed E-state index contributed by atoms with van der Waals surface area (Å²) in [6.45, 7) is 5.93. The van der Waals surface area contributed by atoms with E-state index in [4.69, 9.17) is 9.47 Å². The van der Waals surface area contributed by atoms with E-state index in [1.807, 2.05) is 26.0 Å². The van der Waals surface area contributed by atoms with Crippen molar-refractivity contribution in [2.24, 2.45) is 0 Å². The van der Waals surface area contributed by atoms with Crippen LogP contribution in [0.5, 0.6) is 11.5 Å². The number of carbonyl (C=O) groups excluding carboxylic acids is 1. The minimum absolute atomic E-state index is 0.0352. The highest BCUT2D eigenvalue weighted by atomic mass is 19.1. The second-order valence-corrected chi connectivity index (χ2v) is 8.66. The molecular weight excluding hydrogens is 451 g/mol. The Morgan fingerprint density at radius 3 is 2.43 bits per heavy atom. The summed E-state index contributed by atoms with van der Waals surface area (Å²) in [6, 6.07) is 12.5. The zero-order valence-electron chi connectivity index (χ0n) is 20.3. The van der Waals surface area contributed by atoms with Crippen LogP contribution in [0, 0.1) is 5.82 Å². The molecular formula is C27H33FN2O5. The van der Waals surface area contributed by atoms with Crippen LogP contribution in [0.15, 0.2) is 60.2 Å². The minimum atomic E-state index is -0.991. The van der Waals surface area contributed by atoms with Gasteiger partial charge in [-0.1, -0.05) is 32.0 Å². The average molecular weight is 485 g/mol. The Balaban J connectivity index is 1.71. The van der Waals surface area contributed by atoms with Crippen LogP contribution in [0.4, 0.5) is 4.39 Å². The molecule has 0 aliphatic heterocycles. The molecule has 1 aliphatic rings. The number of nitrogens with one attached hydrogen (secondary N) is 2. The van der Waals surface area contributed by atoms with Gasteiger partial charge in [0.2, 0.25) is 5.91 Å². The number of hydrogen-bond donors (Lipinski definition) is 3. The predicted molar refractivity (Wildman–Crippen MR) is 131 cm³/mol. The fourth-order valence-electron chi connectivity index (χ4n) is 4.16. The van der Waals surface area contributed by atoms with Crippen LogP contribution in [0.3, 0.4) is 0 Å². The maximum absolute atomic E-state index is 13.4. The van der Waals surface area contributed by atoms with Crippen LogP contribution in [-0.2, 0) is 20.9 Å². The number of amides is 1. The number of carboxylic acid groups (broad SMARTS) is 1. The highest BCUT2D eigenvalue weighted by Gasteiger charge is 2.37. The van der Waals surface area contributed by atoms with Crippen molar-refractivity contribution in [1.82, 2.24) is 10.6 Å². The summed E-state index contributed by atoms with van der Waals surface area (Å²) in [7, 11) is 0. The molecule has 0 saturated carbocycles. The van der Waals surface area contributed by atoms with Crippen molar-refractivity contribution in [1.29, 1.82) is 0 Å². The monoisotopic (exact) mass is 484 g/mol. The van der Waals surface area contributed by atoms with Crippen LogP contribution in [0.1, 0.15) is 45.6 Å². The number of carboxylic acids is 1. The molecule has 8 heteroatoms. The lowest BCUT2D eigenvalue weighted by atomic mass is 9.87. The van der Waals surface area contributed by atoms with Gasteiger partial charge in [0.15, 0.2) is 0 Å². The maximum atomic E-state index is 13.4. The Labute approximate surface area is 205 Å². The molecule has 0 heterocycles. The molecule has 7 nitrogen and oxygen atoms in total. The van der Waals surface area contributed by atoms with E-state index in [1.54, 1.807) is 30.3 Å². The van der Waals surface area contributed by atoms with E-state index in [0.717, 1.165) is 18.4 Å². The Kier molecular flexibility index (Phi) is 9.39. The highest BCUT2D eigenvalue weighted by Crippen LogP contribution is 2.26. The summed E-state index contributed by atoms with van der Waals surface area (Å²) in [6.07, 6.45) is 2.87.